The Balaban J connectivity index is 1.62. The molecule has 0 N–H and O–H groups in total. The summed E-state index contributed by atoms with van der Waals surface area (Å²) in [5.74, 6) is -0.940. The molecule has 2 fully saturated rings. The number of hydrogen-bond donors (Lipinski definition) is 0. The summed E-state index contributed by atoms with van der Waals surface area (Å²) in [7, 11) is 0. The SMILES string of the molecule is CC(=O)O[C@H]1[C@H]2O[C@@H](c3ccccc3)OC[C@H]2O[C@@H]([Se]c2ccccc2)[C@@H]1OC(C)=O. The van der Waals surface area contributed by atoms with Crippen LogP contribution in [0, 0.1) is 0 Å². The molecule has 7 nitrogen and oxygen atoms in total. The number of fused-ring (bicyclic) bond motifs is 1. The number of rotatable bonds is 5. The summed E-state index contributed by atoms with van der Waals surface area (Å²) in [5, 5.41) is -0.454. The molecule has 6 atom stereocenters. The van der Waals surface area contributed by atoms with E-state index in [1.165, 1.54) is 13.8 Å². The summed E-state index contributed by atoms with van der Waals surface area (Å²) in [5.41, 5.74) is 0.849. The van der Waals surface area contributed by atoms with Gasteiger partial charge in [-0.15, -0.1) is 0 Å². The Morgan fingerprint density at radius 3 is 2.13 bits per heavy atom. The van der Waals surface area contributed by atoms with Crippen molar-refractivity contribution in [3.63, 3.8) is 0 Å². The predicted molar refractivity (Wildman–Crippen MR) is 112 cm³/mol. The summed E-state index contributed by atoms with van der Waals surface area (Å²) in [6, 6.07) is 19.4. The third kappa shape index (κ3) is 5.34. The molecule has 0 spiro atoms. The number of ether oxygens (including phenoxy) is 5. The first kappa shape index (κ1) is 22.0. The van der Waals surface area contributed by atoms with E-state index < -0.39 is 47.6 Å². The van der Waals surface area contributed by atoms with Gasteiger partial charge in [-0.25, -0.2) is 0 Å². The van der Waals surface area contributed by atoms with Gasteiger partial charge in [0, 0.05) is 0 Å². The topological polar surface area (TPSA) is 80.3 Å². The fraction of sp³-hybridized carbons (Fsp3) is 0.391. The van der Waals surface area contributed by atoms with E-state index in [-0.39, 0.29) is 21.6 Å². The van der Waals surface area contributed by atoms with Crippen LogP contribution in [0.2, 0.25) is 0 Å². The van der Waals surface area contributed by atoms with Crippen LogP contribution in [-0.2, 0) is 33.3 Å². The van der Waals surface area contributed by atoms with Crippen molar-refractivity contribution in [2.45, 2.75) is 49.6 Å². The van der Waals surface area contributed by atoms with Gasteiger partial charge in [-0.1, -0.05) is 0 Å². The number of carbonyl (C=O) groups excluding carboxylic acids is 2. The van der Waals surface area contributed by atoms with Crippen molar-refractivity contribution in [1.29, 1.82) is 0 Å². The predicted octanol–water partition coefficient (Wildman–Crippen LogP) is 1.72. The molecule has 31 heavy (non-hydrogen) atoms. The minimum absolute atomic E-state index is 0.193. The van der Waals surface area contributed by atoms with Gasteiger partial charge in [-0.05, 0) is 0 Å². The third-order valence-corrected chi connectivity index (χ3v) is 7.38. The van der Waals surface area contributed by atoms with Crippen LogP contribution >= 0.6 is 0 Å². The van der Waals surface area contributed by atoms with Gasteiger partial charge in [-0.3, -0.25) is 0 Å². The zero-order valence-corrected chi connectivity index (χ0v) is 18.9. The van der Waals surface area contributed by atoms with E-state index >= 15 is 0 Å². The van der Waals surface area contributed by atoms with Gasteiger partial charge in [0.15, 0.2) is 0 Å². The van der Waals surface area contributed by atoms with Crippen LogP contribution < -0.4 is 4.46 Å². The molecular formula is C23H24O7Se. The summed E-state index contributed by atoms with van der Waals surface area (Å²) in [6.07, 6.45) is -3.29. The monoisotopic (exact) mass is 492 g/mol. The molecule has 0 aliphatic carbocycles. The zero-order valence-electron chi connectivity index (χ0n) is 17.2. The van der Waals surface area contributed by atoms with E-state index in [1.54, 1.807) is 0 Å². The molecule has 2 heterocycles. The van der Waals surface area contributed by atoms with Crippen LogP contribution in [-0.4, -0.2) is 62.9 Å². The average Bonchev–Trinajstić information content (AvgIpc) is 2.76. The van der Waals surface area contributed by atoms with Crippen molar-refractivity contribution in [3.05, 3.63) is 66.2 Å². The number of hydrogen-bond acceptors (Lipinski definition) is 7. The molecule has 2 saturated heterocycles. The van der Waals surface area contributed by atoms with E-state index in [1.807, 2.05) is 60.7 Å². The van der Waals surface area contributed by atoms with Gasteiger partial charge in [0.2, 0.25) is 0 Å². The Labute approximate surface area is 187 Å². The van der Waals surface area contributed by atoms with Crippen LogP contribution in [0.5, 0.6) is 0 Å². The summed E-state index contributed by atoms with van der Waals surface area (Å²) >= 11 is -0.193. The van der Waals surface area contributed by atoms with E-state index in [4.69, 9.17) is 23.7 Å². The number of carbonyl (C=O) groups is 2. The van der Waals surface area contributed by atoms with Gasteiger partial charge >= 0.3 is 187 Å². The molecule has 2 aliphatic rings. The second-order valence-corrected chi connectivity index (χ2v) is 9.76. The van der Waals surface area contributed by atoms with Crippen molar-refractivity contribution < 1.29 is 33.3 Å². The fourth-order valence-corrected chi connectivity index (χ4v) is 6.06. The maximum absolute atomic E-state index is 11.9. The van der Waals surface area contributed by atoms with E-state index in [0.29, 0.717) is 0 Å². The van der Waals surface area contributed by atoms with Crippen LogP contribution in [0.4, 0.5) is 0 Å². The third-order valence-electron chi connectivity index (χ3n) is 4.96. The molecule has 2 aliphatic heterocycles. The van der Waals surface area contributed by atoms with Crippen molar-refractivity contribution in [3.8, 4) is 0 Å². The molecule has 2 aromatic carbocycles. The second kappa shape index (κ2) is 9.94. The minimum atomic E-state index is -0.800. The Morgan fingerprint density at radius 2 is 1.48 bits per heavy atom. The summed E-state index contributed by atoms with van der Waals surface area (Å²) in [4.78, 5) is 23.9. The van der Waals surface area contributed by atoms with E-state index in [9.17, 15) is 9.59 Å². The molecule has 0 bridgehead atoms. The van der Waals surface area contributed by atoms with Crippen LogP contribution in [0.15, 0.2) is 60.7 Å². The van der Waals surface area contributed by atoms with Crippen molar-refractivity contribution in [2.24, 2.45) is 0 Å². The maximum atomic E-state index is 11.9. The van der Waals surface area contributed by atoms with Gasteiger partial charge in [-0.2, -0.15) is 0 Å². The molecule has 0 radical (unpaired) electrons. The first-order valence-corrected chi connectivity index (χ1v) is 11.9. The Bertz CT molecular complexity index is 891. The molecule has 0 aromatic heterocycles. The van der Waals surface area contributed by atoms with Crippen LogP contribution in [0.25, 0.3) is 0 Å². The normalized spacial score (nSPS) is 30.1. The van der Waals surface area contributed by atoms with Crippen LogP contribution in [0.3, 0.4) is 0 Å². The first-order chi connectivity index (χ1) is 15.0. The number of esters is 2. The molecule has 2 aromatic rings. The second-order valence-electron chi connectivity index (χ2n) is 7.30. The molecule has 0 unspecified atom stereocenters. The average molecular weight is 491 g/mol. The number of benzene rings is 2. The van der Waals surface area contributed by atoms with Crippen molar-refractivity contribution in [2.75, 3.05) is 6.61 Å². The molecule has 0 amide bonds. The van der Waals surface area contributed by atoms with Gasteiger partial charge in [0.25, 0.3) is 0 Å². The van der Waals surface area contributed by atoms with Crippen LogP contribution in [0.1, 0.15) is 25.7 Å². The van der Waals surface area contributed by atoms with E-state index in [2.05, 4.69) is 0 Å². The zero-order chi connectivity index (χ0) is 21.8. The van der Waals surface area contributed by atoms with Gasteiger partial charge in [0.05, 0.1) is 0 Å². The Hall–Kier alpha value is -2.22. The molecule has 8 heteroatoms. The molecule has 4 rings (SSSR count). The summed E-state index contributed by atoms with van der Waals surface area (Å²) < 4.78 is 30.8. The first-order valence-electron chi connectivity index (χ1n) is 10.0. The Kier molecular flexibility index (Phi) is 7.05. The quantitative estimate of drug-likeness (QED) is 0.466. The van der Waals surface area contributed by atoms with E-state index in [0.717, 1.165) is 10.0 Å². The standard InChI is InChI=1S/C23H24O7Se/c1-14(24)27-20-19-18(13-26-22(30-19)16-9-5-3-6-10-16)29-23(21(20)28-15(2)25)31-17-11-7-4-8-12-17/h3-12,18-23H,13H2,1-2H3/t18-,19+,20+,21-,22+,23+/m1/s1. The Morgan fingerprint density at radius 1 is 0.871 bits per heavy atom. The van der Waals surface area contributed by atoms with Gasteiger partial charge < -0.3 is 0 Å². The molecule has 0 saturated carbocycles. The molecule has 164 valence electrons. The molecular weight excluding hydrogens is 467 g/mol. The van der Waals surface area contributed by atoms with Gasteiger partial charge in [0.1, 0.15) is 0 Å². The fourth-order valence-electron chi connectivity index (χ4n) is 3.70. The van der Waals surface area contributed by atoms with Crippen molar-refractivity contribution >= 4 is 31.4 Å². The summed E-state index contributed by atoms with van der Waals surface area (Å²) in [6.45, 7) is 2.94. The van der Waals surface area contributed by atoms with Crippen molar-refractivity contribution in [1.82, 2.24) is 0 Å².